The summed E-state index contributed by atoms with van der Waals surface area (Å²) >= 11 is 0. The SMILES string of the molecule is CC/C(=C(\OC(C)C)O[Si](C)(C)C)c1ccc(C(F)(F)F)cc1. The standard InChI is InChI=1S/C17H25F3O2Si/c1-7-15(16(21-12(2)3)22-23(4,5)6)13-8-10-14(11-9-13)17(18,19)20/h8-12H,7H2,1-6H3/b16-15-. The minimum absolute atomic E-state index is 0.0719. The van der Waals surface area contributed by atoms with Gasteiger partial charge in [-0.05, 0) is 57.6 Å². The van der Waals surface area contributed by atoms with Gasteiger partial charge < -0.3 is 9.16 Å². The summed E-state index contributed by atoms with van der Waals surface area (Å²) in [6, 6.07) is 5.12. The predicted octanol–water partition coefficient (Wildman–Crippen LogP) is 6.06. The molecule has 0 aromatic heterocycles. The van der Waals surface area contributed by atoms with Crippen molar-refractivity contribution in [3.63, 3.8) is 0 Å². The van der Waals surface area contributed by atoms with Crippen LogP contribution in [0.4, 0.5) is 13.2 Å². The van der Waals surface area contributed by atoms with E-state index in [1.165, 1.54) is 12.1 Å². The average Bonchev–Trinajstić information content (AvgIpc) is 2.36. The summed E-state index contributed by atoms with van der Waals surface area (Å²) in [5, 5.41) is 0. The number of ether oxygens (including phenoxy) is 1. The maximum atomic E-state index is 12.7. The second-order valence-corrected chi connectivity index (χ2v) is 11.0. The molecule has 1 aromatic rings. The van der Waals surface area contributed by atoms with Crippen LogP contribution in [0.3, 0.4) is 0 Å². The molecule has 0 aliphatic heterocycles. The van der Waals surface area contributed by atoms with Crippen molar-refractivity contribution in [1.82, 2.24) is 0 Å². The summed E-state index contributed by atoms with van der Waals surface area (Å²) < 4.78 is 49.9. The Morgan fingerprint density at radius 3 is 1.96 bits per heavy atom. The zero-order chi connectivity index (χ0) is 17.8. The monoisotopic (exact) mass is 346 g/mol. The lowest BCUT2D eigenvalue weighted by molar-refractivity contribution is -0.137. The van der Waals surface area contributed by atoms with E-state index in [0.29, 0.717) is 17.9 Å². The first-order valence-electron chi connectivity index (χ1n) is 7.70. The minimum Gasteiger partial charge on any atom is -0.519 e. The van der Waals surface area contributed by atoms with Gasteiger partial charge in [0.1, 0.15) is 0 Å². The quantitative estimate of drug-likeness (QED) is 0.460. The van der Waals surface area contributed by atoms with Gasteiger partial charge in [-0.3, -0.25) is 0 Å². The number of benzene rings is 1. The molecule has 0 aliphatic carbocycles. The highest BCUT2D eigenvalue weighted by molar-refractivity contribution is 6.70. The van der Waals surface area contributed by atoms with Crippen LogP contribution in [-0.4, -0.2) is 14.4 Å². The summed E-state index contributed by atoms with van der Waals surface area (Å²) in [6.07, 6.45) is -3.80. The summed E-state index contributed by atoms with van der Waals surface area (Å²) in [5.41, 5.74) is 0.818. The van der Waals surface area contributed by atoms with Crippen LogP contribution >= 0.6 is 0 Å². The van der Waals surface area contributed by atoms with Crippen LogP contribution in [0.15, 0.2) is 30.2 Å². The number of halogens is 3. The van der Waals surface area contributed by atoms with Crippen molar-refractivity contribution in [2.24, 2.45) is 0 Å². The van der Waals surface area contributed by atoms with E-state index in [4.69, 9.17) is 9.16 Å². The van der Waals surface area contributed by atoms with E-state index in [0.717, 1.165) is 17.7 Å². The van der Waals surface area contributed by atoms with Crippen molar-refractivity contribution in [2.75, 3.05) is 0 Å². The molecule has 130 valence electrons. The highest BCUT2D eigenvalue weighted by atomic mass is 28.4. The smallest absolute Gasteiger partial charge is 0.416 e. The van der Waals surface area contributed by atoms with E-state index >= 15 is 0 Å². The Bertz CT molecular complexity index is 540. The average molecular weight is 346 g/mol. The Morgan fingerprint density at radius 2 is 1.61 bits per heavy atom. The van der Waals surface area contributed by atoms with Crippen LogP contribution in [-0.2, 0) is 15.3 Å². The second kappa shape index (κ2) is 7.42. The van der Waals surface area contributed by atoms with Crippen LogP contribution in [0.2, 0.25) is 19.6 Å². The highest BCUT2D eigenvalue weighted by Gasteiger charge is 2.30. The fourth-order valence-electron chi connectivity index (χ4n) is 1.98. The molecule has 2 nitrogen and oxygen atoms in total. The zero-order valence-corrected chi connectivity index (χ0v) is 15.5. The number of rotatable bonds is 6. The van der Waals surface area contributed by atoms with E-state index in [-0.39, 0.29) is 6.10 Å². The minimum atomic E-state index is -4.33. The summed E-state index contributed by atoms with van der Waals surface area (Å²) in [5.74, 6) is 0.432. The van der Waals surface area contributed by atoms with Crippen molar-refractivity contribution in [1.29, 1.82) is 0 Å². The molecular formula is C17H25F3O2Si. The molecule has 0 atom stereocenters. The Kier molecular flexibility index (Phi) is 6.33. The molecule has 1 aromatic carbocycles. The first kappa shape index (κ1) is 19.6. The third-order valence-corrected chi connectivity index (χ3v) is 3.70. The normalized spacial score (nSPS) is 13.8. The van der Waals surface area contributed by atoms with Crippen LogP contribution in [0.25, 0.3) is 5.57 Å². The molecule has 0 fully saturated rings. The zero-order valence-electron chi connectivity index (χ0n) is 14.5. The molecule has 23 heavy (non-hydrogen) atoms. The van der Waals surface area contributed by atoms with Gasteiger partial charge in [-0.25, -0.2) is 0 Å². The van der Waals surface area contributed by atoms with Gasteiger partial charge in [0.05, 0.1) is 11.7 Å². The Labute approximate surface area is 137 Å². The Morgan fingerprint density at radius 1 is 1.09 bits per heavy atom. The molecule has 1 rings (SSSR count). The number of alkyl halides is 3. The van der Waals surface area contributed by atoms with Crippen LogP contribution in [0.1, 0.15) is 38.3 Å². The lowest BCUT2D eigenvalue weighted by Crippen LogP contribution is -2.27. The lowest BCUT2D eigenvalue weighted by Gasteiger charge is -2.26. The molecule has 0 saturated carbocycles. The Balaban J connectivity index is 3.28. The molecular weight excluding hydrogens is 321 g/mol. The third-order valence-electron chi connectivity index (χ3n) is 2.90. The van der Waals surface area contributed by atoms with Crippen LogP contribution < -0.4 is 0 Å². The first-order valence-corrected chi connectivity index (χ1v) is 11.1. The summed E-state index contributed by atoms with van der Waals surface area (Å²) in [6.45, 7) is 11.8. The largest absolute Gasteiger partial charge is 0.519 e. The molecule has 0 N–H and O–H groups in total. The lowest BCUT2D eigenvalue weighted by atomic mass is 10.0. The van der Waals surface area contributed by atoms with Gasteiger partial charge in [-0.2, -0.15) is 13.2 Å². The maximum absolute atomic E-state index is 12.7. The third kappa shape index (κ3) is 6.29. The molecule has 0 bridgehead atoms. The van der Waals surface area contributed by atoms with Crippen molar-refractivity contribution < 1.29 is 22.3 Å². The fraction of sp³-hybridized carbons (Fsp3) is 0.529. The van der Waals surface area contributed by atoms with E-state index in [1.807, 2.05) is 40.4 Å². The topological polar surface area (TPSA) is 18.5 Å². The van der Waals surface area contributed by atoms with E-state index in [9.17, 15) is 13.2 Å². The predicted molar refractivity (Wildman–Crippen MR) is 89.3 cm³/mol. The molecule has 6 heteroatoms. The molecule has 0 unspecified atom stereocenters. The Hall–Kier alpha value is -1.43. The molecule has 0 heterocycles. The molecule has 0 spiro atoms. The molecule has 0 amide bonds. The van der Waals surface area contributed by atoms with Gasteiger partial charge in [0, 0.05) is 5.57 Å². The van der Waals surface area contributed by atoms with Crippen LogP contribution in [0, 0.1) is 0 Å². The molecule has 0 radical (unpaired) electrons. The van der Waals surface area contributed by atoms with Gasteiger partial charge >= 0.3 is 6.18 Å². The van der Waals surface area contributed by atoms with E-state index in [2.05, 4.69) is 0 Å². The van der Waals surface area contributed by atoms with Gasteiger partial charge in [-0.15, -0.1) is 0 Å². The van der Waals surface area contributed by atoms with Gasteiger partial charge in [0.25, 0.3) is 5.95 Å². The summed E-state index contributed by atoms with van der Waals surface area (Å²) in [4.78, 5) is 0. The van der Waals surface area contributed by atoms with Crippen molar-refractivity contribution in [2.45, 2.75) is 59.1 Å². The number of allylic oxidation sites excluding steroid dienone is 1. The number of hydrogen-bond donors (Lipinski definition) is 0. The van der Waals surface area contributed by atoms with Crippen LogP contribution in [0.5, 0.6) is 0 Å². The first-order chi connectivity index (χ1) is 10.4. The van der Waals surface area contributed by atoms with Gasteiger partial charge in [0.2, 0.25) is 8.32 Å². The second-order valence-electron chi connectivity index (χ2n) is 6.58. The van der Waals surface area contributed by atoms with Crippen molar-refractivity contribution >= 4 is 13.9 Å². The summed E-state index contributed by atoms with van der Waals surface area (Å²) in [7, 11) is -1.90. The highest BCUT2D eigenvalue weighted by Crippen LogP contribution is 2.32. The van der Waals surface area contributed by atoms with E-state index < -0.39 is 20.1 Å². The van der Waals surface area contributed by atoms with Gasteiger partial charge in [-0.1, -0.05) is 19.1 Å². The fourth-order valence-corrected chi connectivity index (χ4v) is 2.70. The van der Waals surface area contributed by atoms with Gasteiger partial charge in [0.15, 0.2) is 0 Å². The van der Waals surface area contributed by atoms with Crippen molar-refractivity contribution in [3.8, 4) is 0 Å². The maximum Gasteiger partial charge on any atom is 0.416 e. The van der Waals surface area contributed by atoms with E-state index in [1.54, 1.807) is 0 Å². The molecule has 0 saturated heterocycles. The number of hydrogen-bond acceptors (Lipinski definition) is 2. The molecule has 0 aliphatic rings. The van der Waals surface area contributed by atoms with Crippen molar-refractivity contribution in [3.05, 3.63) is 41.3 Å².